The Balaban J connectivity index is 2.71. The monoisotopic (exact) mass is 222 g/mol. The third-order valence-corrected chi connectivity index (χ3v) is 2.85. The minimum absolute atomic E-state index is 0.353. The third kappa shape index (κ3) is 3.53. The first kappa shape index (κ1) is 13.0. The molecule has 1 rings (SSSR count). The van der Waals surface area contributed by atoms with E-state index in [1.165, 1.54) is 0 Å². The lowest BCUT2D eigenvalue weighted by Crippen LogP contribution is -2.02. The van der Waals surface area contributed by atoms with Gasteiger partial charge in [-0.25, -0.2) is 0 Å². The Kier molecular flexibility index (Phi) is 4.81. The lowest BCUT2D eigenvalue weighted by molar-refractivity contribution is 0.158. The van der Waals surface area contributed by atoms with Crippen molar-refractivity contribution in [3.63, 3.8) is 0 Å². The summed E-state index contributed by atoms with van der Waals surface area (Å²) in [6.07, 6.45) is 1.52. The smallest absolute Gasteiger partial charge is 0.119 e. The molecule has 0 aromatic heterocycles. The molecule has 1 atom stereocenters. The summed E-state index contributed by atoms with van der Waals surface area (Å²) in [4.78, 5) is 0. The van der Waals surface area contributed by atoms with Gasteiger partial charge in [-0.3, -0.25) is 0 Å². The molecular formula is C14H22O2. The molecule has 2 heteroatoms. The number of hydrogen-bond acceptors (Lipinski definition) is 2. The molecular weight excluding hydrogens is 200 g/mol. The maximum atomic E-state index is 10.1. The zero-order chi connectivity index (χ0) is 12.1. The van der Waals surface area contributed by atoms with Crippen LogP contribution in [0.3, 0.4) is 0 Å². The molecule has 0 fully saturated rings. The number of hydrogen-bond donors (Lipinski definition) is 1. The van der Waals surface area contributed by atoms with Crippen molar-refractivity contribution in [1.82, 2.24) is 0 Å². The van der Waals surface area contributed by atoms with Crippen LogP contribution in [0.15, 0.2) is 18.2 Å². The minimum atomic E-state index is -0.353. The van der Waals surface area contributed by atoms with Crippen molar-refractivity contribution in [3.8, 4) is 5.75 Å². The van der Waals surface area contributed by atoms with Crippen LogP contribution >= 0.6 is 0 Å². The van der Waals surface area contributed by atoms with Crippen LogP contribution in [-0.2, 0) is 0 Å². The summed E-state index contributed by atoms with van der Waals surface area (Å²) in [6.45, 7) is 6.36. The van der Waals surface area contributed by atoms with Gasteiger partial charge >= 0.3 is 0 Å². The Morgan fingerprint density at radius 3 is 2.44 bits per heavy atom. The van der Waals surface area contributed by atoms with E-state index in [-0.39, 0.29) is 6.10 Å². The molecule has 0 bridgehead atoms. The Bertz CT molecular complexity index is 332. The van der Waals surface area contributed by atoms with Crippen LogP contribution < -0.4 is 4.74 Å². The molecule has 0 aliphatic heterocycles. The van der Waals surface area contributed by atoms with E-state index in [1.54, 1.807) is 7.11 Å². The van der Waals surface area contributed by atoms with Crippen molar-refractivity contribution in [2.75, 3.05) is 7.11 Å². The average Bonchev–Trinajstić information content (AvgIpc) is 2.25. The second-order valence-corrected chi connectivity index (χ2v) is 4.71. The van der Waals surface area contributed by atoms with Gasteiger partial charge in [-0.1, -0.05) is 19.9 Å². The summed E-state index contributed by atoms with van der Waals surface area (Å²) >= 11 is 0. The SMILES string of the molecule is COc1ccc(C(O)CCC(C)C)c(C)c1. The Labute approximate surface area is 98.3 Å². The van der Waals surface area contributed by atoms with Crippen LogP contribution in [0.4, 0.5) is 0 Å². The summed E-state index contributed by atoms with van der Waals surface area (Å²) < 4.78 is 5.15. The third-order valence-electron chi connectivity index (χ3n) is 2.85. The zero-order valence-corrected chi connectivity index (χ0v) is 10.7. The maximum absolute atomic E-state index is 10.1. The molecule has 0 heterocycles. The number of aliphatic hydroxyl groups excluding tert-OH is 1. The second-order valence-electron chi connectivity index (χ2n) is 4.71. The molecule has 1 N–H and O–H groups in total. The van der Waals surface area contributed by atoms with E-state index in [9.17, 15) is 5.11 Å². The van der Waals surface area contributed by atoms with Crippen LogP contribution in [-0.4, -0.2) is 12.2 Å². The number of benzene rings is 1. The normalized spacial score (nSPS) is 12.9. The molecule has 0 aliphatic rings. The summed E-state index contributed by atoms with van der Waals surface area (Å²) in [5, 5.41) is 10.1. The fraction of sp³-hybridized carbons (Fsp3) is 0.571. The average molecular weight is 222 g/mol. The summed E-state index contributed by atoms with van der Waals surface area (Å²) in [5.41, 5.74) is 2.11. The van der Waals surface area contributed by atoms with E-state index < -0.39 is 0 Å². The number of aliphatic hydroxyl groups is 1. The van der Waals surface area contributed by atoms with Gasteiger partial charge in [0, 0.05) is 0 Å². The highest BCUT2D eigenvalue weighted by atomic mass is 16.5. The van der Waals surface area contributed by atoms with E-state index in [0.717, 1.165) is 29.7 Å². The van der Waals surface area contributed by atoms with Gasteiger partial charge in [-0.15, -0.1) is 0 Å². The second kappa shape index (κ2) is 5.90. The molecule has 0 radical (unpaired) electrons. The van der Waals surface area contributed by atoms with Gasteiger partial charge in [-0.05, 0) is 48.9 Å². The maximum Gasteiger partial charge on any atom is 0.119 e. The molecule has 1 unspecified atom stereocenters. The van der Waals surface area contributed by atoms with E-state index in [2.05, 4.69) is 13.8 Å². The standard InChI is InChI=1S/C14H22O2/c1-10(2)5-8-14(15)13-7-6-12(16-4)9-11(13)3/h6-7,9-10,14-15H,5,8H2,1-4H3. The van der Waals surface area contributed by atoms with Crippen molar-refractivity contribution in [2.24, 2.45) is 5.92 Å². The molecule has 0 saturated heterocycles. The molecule has 1 aromatic carbocycles. The summed E-state index contributed by atoms with van der Waals surface area (Å²) in [5.74, 6) is 1.48. The quantitative estimate of drug-likeness (QED) is 0.826. The van der Waals surface area contributed by atoms with Gasteiger partial charge in [0.25, 0.3) is 0 Å². The van der Waals surface area contributed by atoms with E-state index in [1.807, 2.05) is 25.1 Å². The van der Waals surface area contributed by atoms with E-state index in [4.69, 9.17) is 4.74 Å². The van der Waals surface area contributed by atoms with Crippen LogP contribution in [0.5, 0.6) is 5.75 Å². The molecule has 2 nitrogen and oxygen atoms in total. The van der Waals surface area contributed by atoms with Gasteiger partial charge in [0.05, 0.1) is 13.2 Å². The molecule has 90 valence electrons. The topological polar surface area (TPSA) is 29.5 Å². The van der Waals surface area contributed by atoms with Crippen molar-refractivity contribution < 1.29 is 9.84 Å². The van der Waals surface area contributed by atoms with E-state index >= 15 is 0 Å². The van der Waals surface area contributed by atoms with Crippen LogP contribution in [0.2, 0.25) is 0 Å². The molecule has 0 aliphatic carbocycles. The largest absolute Gasteiger partial charge is 0.497 e. The molecule has 0 saturated carbocycles. The number of methoxy groups -OCH3 is 1. The predicted octanol–water partition coefficient (Wildman–Crippen LogP) is 3.47. The van der Waals surface area contributed by atoms with Gasteiger partial charge < -0.3 is 9.84 Å². The fourth-order valence-electron chi connectivity index (χ4n) is 1.80. The molecule has 0 spiro atoms. The number of rotatable bonds is 5. The predicted molar refractivity (Wildman–Crippen MR) is 66.8 cm³/mol. The van der Waals surface area contributed by atoms with Crippen molar-refractivity contribution in [1.29, 1.82) is 0 Å². The first-order valence-corrected chi connectivity index (χ1v) is 5.87. The number of ether oxygens (including phenoxy) is 1. The van der Waals surface area contributed by atoms with Crippen LogP contribution in [0.1, 0.15) is 43.9 Å². The Morgan fingerprint density at radius 2 is 1.94 bits per heavy atom. The highest BCUT2D eigenvalue weighted by Gasteiger charge is 2.11. The van der Waals surface area contributed by atoms with Crippen LogP contribution in [0.25, 0.3) is 0 Å². The Morgan fingerprint density at radius 1 is 1.25 bits per heavy atom. The lowest BCUT2D eigenvalue weighted by Gasteiger charge is -2.15. The van der Waals surface area contributed by atoms with Crippen molar-refractivity contribution in [3.05, 3.63) is 29.3 Å². The zero-order valence-electron chi connectivity index (χ0n) is 10.7. The summed E-state index contributed by atoms with van der Waals surface area (Å²) in [7, 11) is 1.66. The highest BCUT2D eigenvalue weighted by Crippen LogP contribution is 2.26. The molecule has 1 aromatic rings. The van der Waals surface area contributed by atoms with Crippen molar-refractivity contribution >= 4 is 0 Å². The summed E-state index contributed by atoms with van der Waals surface area (Å²) in [6, 6.07) is 5.83. The van der Waals surface area contributed by atoms with Gasteiger partial charge in [0.2, 0.25) is 0 Å². The van der Waals surface area contributed by atoms with Crippen LogP contribution in [0, 0.1) is 12.8 Å². The van der Waals surface area contributed by atoms with E-state index in [0.29, 0.717) is 5.92 Å². The van der Waals surface area contributed by atoms with Gasteiger partial charge in [-0.2, -0.15) is 0 Å². The lowest BCUT2D eigenvalue weighted by atomic mass is 9.97. The first-order valence-electron chi connectivity index (χ1n) is 5.87. The highest BCUT2D eigenvalue weighted by molar-refractivity contribution is 5.35. The minimum Gasteiger partial charge on any atom is -0.497 e. The number of aryl methyl sites for hydroxylation is 1. The van der Waals surface area contributed by atoms with Gasteiger partial charge in [0.1, 0.15) is 5.75 Å². The molecule has 16 heavy (non-hydrogen) atoms. The fourth-order valence-corrected chi connectivity index (χ4v) is 1.80. The molecule has 0 amide bonds. The first-order chi connectivity index (χ1) is 7.54. The van der Waals surface area contributed by atoms with Crippen molar-refractivity contribution in [2.45, 2.75) is 39.7 Å². The Hall–Kier alpha value is -1.02. The van der Waals surface area contributed by atoms with Gasteiger partial charge in [0.15, 0.2) is 0 Å².